The van der Waals surface area contributed by atoms with Crippen molar-refractivity contribution >= 4 is 5.84 Å². The van der Waals surface area contributed by atoms with Crippen LogP contribution in [0.2, 0.25) is 0 Å². The average Bonchev–Trinajstić information content (AvgIpc) is 2.49. The van der Waals surface area contributed by atoms with Gasteiger partial charge in [0, 0.05) is 12.8 Å². The second kappa shape index (κ2) is 6.53. The number of nitrogens with two attached hydrogens (primary N) is 1. The van der Waals surface area contributed by atoms with Gasteiger partial charge < -0.3 is 20.8 Å². The summed E-state index contributed by atoms with van der Waals surface area (Å²) in [6, 6.07) is 10.6. The van der Waals surface area contributed by atoms with Crippen molar-refractivity contribution in [2.24, 2.45) is 10.9 Å². The lowest BCUT2D eigenvalue weighted by Gasteiger charge is -2.12. The van der Waals surface area contributed by atoms with Crippen molar-refractivity contribution in [2.45, 2.75) is 6.42 Å². The van der Waals surface area contributed by atoms with Gasteiger partial charge >= 0.3 is 0 Å². The first-order chi connectivity index (χ1) is 9.76. The maximum atomic E-state index is 9.05. The van der Waals surface area contributed by atoms with E-state index in [4.69, 9.17) is 20.8 Å². The molecule has 104 valence electrons. The van der Waals surface area contributed by atoms with E-state index in [1.165, 1.54) is 0 Å². The Labute approximate surface area is 116 Å². The van der Waals surface area contributed by atoms with E-state index in [9.17, 15) is 0 Å². The monoisotopic (exact) mass is 273 g/mol. The van der Waals surface area contributed by atoms with E-state index in [0.29, 0.717) is 17.7 Å². The number of hydrogen-bond acceptors (Lipinski definition) is 5. The summed E-state index contributed by atoms with van der Waals surface area (Å²) in [5.74, 6) is 0.744. The lowest BCUT2D eigenvalue weighted by atomic mass is 10.1. The molecule has 0 radical (unpaired) electrons. The Balaban J connectivity index is 2.36. The van der Waals surface area contributed by atoms with Crippen molar-refractivity contribution in [1.82, 2.24) is 4.98 Å². The number of nitrogens with zero attached hydrogens (tertiary/aromatic N) is 2. The molecule has 0 aliphatic carbocycles. The third-order valence-corrected chi connectivity index (χ3v) is 2.72. The number of rotatable bonds is 5. The van der Waals surface area contributed by atoms with Crippen LogP contribution in [0.1, 0.15) is 11.1 Å². The summed E-state index contributed by atoms with van der Waals surface area (Å²) in [5.41, 5.74) is 6.84. The molecule has 0 saturated heterocycles. The normalized spacial score (nSPS) is 11.3. The summed E-state index contributed by atoms with van der Waals surface area (Å²) < 4.78 is 5.72. The van der Waals surface area contributed by atoms with E-state index < -0.39 is 0 Å². The molecule has 2 rings (SSSR count). The van der Waals surface area contributed by atoms with Crippen molar-refractivity contribution in [1.29, 1.82) is 0 Å². The number of para-hydroxylation sites is 1. The third-order valence-electron chi connectivity index (χ3n) is 2.72. The van der Waals surface area contributed by atoms with Gasteiger partial charge in [-0.1, -0.05) is 23.4 Å². The van der Waals surface area contributed by atoms with Crippen LogP contribution in [0.15, 0.2) is 47.8 Å². The van der Waals surface area contributed by atoms with Crippen LogP contribution in [0.3, 0.4) is 0 Å². The molecule has 2 aromatic rings. The average molecular weight is 273 g/mol. The first kappa shape index (κ1) is 13.8. The van der Waals surface area contributed by atoms with Crippen LogP contribution in [0.25, 0.3) is 0 Å². The van der Waals surface area contributed by atoms with Gasteiger partial charge in [-0.25, -0.2) is 4.98 Å². The Morgan fingerprint density at radius 3 is 2.80 bits per heavy atom. The Hall–Kier alpha value is -2.60. The molecule has 0 spiro atoms. The molecule has 0 unspecified atom stereocenters. The van der Waals surface area contributed by atoms with Crippen molar-refractivity contribution in [3.63, 3.8) is 0 Å². The molecule has 0 fully saturated rings. The molecule has 6 heteroatoms. The van der Waals surface area contributed by atoms with Crippen LogP contribution in [-0.4, -0.2) is 27.7 Å². The Morgan fingerprint density at radius 1 is 1.25 bits per heavy atom. The number of aliphatic hydroxyl groups excluding tert-OH is 1. The van der Waals surface area contributed by atoms with E-state index in [1.807, 2.05) is 18.2 Å². The highest BCUT2D eigenvalue weighted by atomic mass is 16.5. The van der Waals surface area contributed by atoms with Gasteiger partial charge in [-0.15, -0.1) is 0 Å². The quantitative estimate of drug-likeness (QED) is 0.332. The number of benzene rings is 1. The lowest BCUT2D eigenvalue weighted by Crippen LogP contribution is -2.14. The van der Waals surface area contributed by atoms with Crippen molar-refractivity contribution in [3.05, 3.63) is 53.7 Å². The smallest absolute Gasteiger partial charge is 0.230 e. The molecule has 0 bridgehead atoms. The molecule has 0 aliphatic rings. The fourth-order valence-corrected chi connectivity index (χ4v) is 1.76. The van der Waals surface area contributed by atoms with Gasteiger partial charge in [-0.3, -0.25) is 0 Å². The van der Waals surface area contributed by atoms with Gasteiger partial charge in [0.05, 0.1) is 5.56 Å². The third kappa shape index (κ3) is 3.04. The minimum atomic E-state index is -0.0762. The molecule has 1 aromatic heterocycles. The SMILES string of the molecule is N/C(=N/O)c1cccnc1Oc1ccccc1CCO. The van der Waals surface area contributed by atoms with E-state index in [1.54, 1.807) is 24.4 Å². The number of aliphatic hydroxyl groups is 1. The summed E-state index contributed by atoms with van der Waals surface area (Å²) >= 11 is 0. The van der Waals surface area contributed by atoms with Gasteiger partial charge in [-0.2, -0.15) is 0 Å². The van der Waals surface area contributed by atoms with Crippen LogP contribution in [0.4, 0.5) is 0 Å². The van der Waals surface area contributed by atoms with Crippen molar-refractivity contribution < 1.29 is 15.1 Å². The Morgan fingerprint density at radius 2 is 2.05 bits per heavy atom. The predicted octanol–water partition coefficient (Wildman–Crippen LogP) is 1.50. The summed E-state index contributed by atoms with van der Waals surface area (Å²) in [4.78, 5) is 4.09. The van der Waals surface area contributed by atoms with Crippen LogP contribution in [0, 0.1) is 0 Å². The highest BCUT2D eigenvalue weighted by molar-refractivity contribution is 5.99. The molecule has 1 aromatic carbocycles. The van der Waals surface area contributed by atoms with Crippen molar-refractivity contribution in [2.75, 3.05) is 6.61 Å². The van der Waals surface area contributed by atoms with Gasteiger partial charge in [0.1, 0.15) is 5.75 Å². The van der Waals surface area contributed by atoms with E-state index in [0.717, 1.165) is 5.56 Å². The zero-order chi connectivity index (χ0) is 14.4. The molecular formula is C14H15N3O3. The highest BCUT2D eigenvalue weighted by Gasteiger charge is 2.12. The zero-order valence-electron chi connectivity index (χ0n) is 10.7. The second-order valence-corrected chi connectivity index (χ2v) is 4.02. The summed E-state index contributed by atoms with van der Waals surface area (Å²) in [6.45, 7) is 0.0235. The first-order valence-corrected chi connectivity index (χ1v) is 6.05. The number of ether oxygens (including phenoxy) is 1. The van der Waals surface area contributed by atoms with Crippen LogP contribution in [0.5, 0.6) is 11.6 Å². The number of amidine groups is 1. The van der Waals surface area contributed by atoms with E-state index in [2.05, 4.69) is 10.1 Å². The zero-order valence-corrected chi connectivity index (χ0v) is 10.7. The topological polar surface area (TPSA) is 101 Å². The molecular weight excluding hydrogens is 258 g/mol. The van der Waals surface area contributed by atoms with Gasteiger partial charge in [-0.05, 0) is 30.2 Å². The maximum absolute atomic E-state index is 9.05. The van der Waals surface area contributed by atoms with Gasteiger partial charge in [0.15, 0.2) is 5.84 Å². The predicted molar refractivity (Wildman–Crippen MR) is 74.1 cm³/mol. The minimum absolute atomic E-state index is 0.0235. The Kier molecular flexibility index (Phi) is 4.52. The molecule has 4 N–H and O–H groups in total. The van der Waals surface area contributed by atoms with Crippen molar-refractivity contribution in [3.8, 4) is 11.6 Å². The van der Waals surface area contributed by atoms with E-state index in [-0.39, 0.29) is 18.3 Å². The largest absolute Gasteiger partial charge is 0.438 e. The number of pyridine rings is 1. The number of hydrogen-bond donors (Lipinski definition) is 3. The first-order valence-electron chi connectivity index (χ1n) is 6.05. The number of oxime groups is 1. The molecule has 0 saturated carbocycles. The highest BCUT2D eigenvalue weighted by Crippen LogP contribution is 2.26. The summed E-state index contributed by atoms with van der Waals surface area (Å²) in [6.07, 6.45) is 2.03. The van der Waals surface area contributed by atoms with Crippen LogP contribution in [-0.2, 0) is 6.42 Å². The molecule has 0 amide bonds. The molecule has 6 nitrogen and oxygen atoms in total. The van der Waals surface area contributed by atoms with Crippen LogP contribution >= 0.6 is 0 Å². The molecule has 0 atom stereocenters. The summed E-state index contributed by atoms with van der Waals surface area (Å²) in [7, 11) is 0. The fraction of sp³-hybridized carbons (Fsp3) is 0.143. The maximum Gasteiger partial charge on any atom is 0.230 e. The fourth-order valence-electron chi connectivity index (χ4n) is 1.76. The van der Waals surface area contributed by atoms with Gasteiger partial charge in [0.2, 0.25) is 5.88 Å². The molecule has 0 aliphatic heterocycles. The second-order valence-electron chi connectivity index (χ2n) is 4.02. The minimum Gasteiger partial charge on any atom is -0.438 e. The summed E-state index contributed by atoms with van der Waals surface area (Å²) in [5, 5.41) is 20.8. The van der Waals surface area contributed by atoms with Crippen LogP contribution < -0.4 is 10.5 Å². The van der Waals surface area contributed by atoms with E-state index >= 15 is 0 Å². The standard InChI is InChI=1S/C14H15N3O3/c15-13(17-19)11-5-3-8-16-14(11)20-12-6-2-1-4-10(12)7-9-18/h1-6,8,18-19H,7,9H2,(H2,15,17). The Bertz CT molecular complexity index is 614. The molecule has 1 heterocycles. The number of aromatic nitrogens is 1. The van der Waals surface area contributed by atoms with Gasteiger partial charge in [0.25, 0.3) is 0 Å². The lowest BCUT2D eigenvalue weighted by molar-refractivity contribution is 0.297. The molecule has 20 heavy (non-hydrogen) atoms.